The van der Waals surface area contributed by atoms with Gasteiger partial charge in [0.2, 0.25) is 0 Å². The number of halogens is 2. The highest BCUT2D eigenvalue weighted by atomic mass is 79.9. The smallest absolute Gasteiger partial charge is 0.147 e. The molecule has 96 valence electrons. The molecule has 0 N–H and O–H groups in total. The number of hydrogen-bond acceptors (Lipinski definition) is 4. The van der Waals surface area contributed by atoms with Crippen LogP contribution in [0.2, 0.25) is 5.15 Å². The average molecular weight is 347 g/mol. The van der Waals surface area contributed by atoms with Gasteiger partial charge in [-0.3, -0.25) is 0 Å². The third-order valence-electron chi connectivity index (χ3n) is 2.44. The molecule has 2 rings (SSSR count). The zero-order chi connectivity index (χ0) is 13.3. The molecular weight excluding hydrogens is 334 g/mol. The van der Waals surface area contributed by atoms with Crippen LogP contribution in [0.3, 0.4) is 0 Å². The highest BCUT2D eigenvalue weighted by Gasteiger charge is 2.14. The number of nitrogens with zero attached hydrogens (tertiary/aromatic N) is 3. The van der Waals surface area contributed by atoms with Crippen molar-refractivity contribution in [2.75, 3.05) is 0 Å². The van der Waals surface area contributed by atoms with Crippen LogP contribution in [0, 0.1) is 6.92 Å². The van der Waals surface area contributed by atoms with Gasteiger partial charge >= 0.3 is 0 Å². The summed E-state index contributed by atoms with van der Waals surface area (Å²) in [6.45, 7) is 6.16. The Kier molecular flexibility index (Phi) is 4.35. The van der Waals surface area contributed by atoms with Gasteiger partial charge in [-0.2, -0.15) is 0 Å². The number of rotatable bonds is 3. The van der Waals surface area contributed by atoms with Gasteiger partial charge < -0.3 is 0 Å². The van der Waals surface area contributed by atoms with Crippen molar-refractivity contribution in [2.45, 2.75) is 33.1 Å². The quantitative estimate of drug-likeness (QED) is 0.775. The van der Waals surface area contributed by atoms with Gasteiger partial charge in [0.15, 0.2) is 0 Å². The molecule has 0 radical (unpaired) electrons. The largest absolute Gasteiger partial charge is 0.246 e. The molecule has 6 heteroatoms. The molecule has 2 aromatic rings. The summed E-state index contributed by atoms with van der Waals surface area (Å²) in [6.07, 6.45) is 0.622. The normalized spacial score (nSPS) is 11.2. The third kappa shape index (κ3) is 3.08. The summed E-state index contributed by atoms with van der Waals surface area (Å²) in [7, 11) is 0. The maximum absolute atomic E-state index is 6.12. The van der Waals surface area contributed by atoms with Gasteiger partial charge in [0.05, 0.1) is 27.3 Å². The molecule has 2 aromatic heterocycles. The van der Waals surface area contributed by atoms with Crippen molar-refractivity contribution >= 4 is 38.9 Å². The molecule has 0 amide bonds. The van der Waals surface area contributed by atoms with Crippen LogP contribution in [0.1, 0.15) is 42.0 Å². The molecule has 0 atom stereocenters. The van der Waals surface area contributed by atoms with E-state index in [-0.39, 0.29) is 0 Å². The fourth-order valence-electron chi connectivity index (χ4n) is 1.59. The van der Waals surface area contributed by atoms with E-state index in [1.54, 1.807) is 11.3 Å². The Hall–Kier alpha value is -0.520. The summed E-state index contributed by atoms with van der Waals surface area (Å²) in [4.78, 5) is 13.3. The SMILES string of the molecule is Cc1nc(Cc2nc(Cl)c(Br)c(C(C)C)n2)cs1. The molecule has 0 bridgehead atoms. The van der Waals surface area contributed by atoms with Crippen molar-refractivity contribution in [3.05, 3.63) is 37.2 Å². The monoisotopic (exact) mass is 345 g/mol. The molecule has 0 aliphatic carbocycles. The first-order valence-corrected chi connectivity index (χ1v) is 7.65. The average Bonchev–Trinajstić information content (AvgIpc) is 2.68. The van der Waals surface area contributed by atoms with E-state index in [1.807, 2.05) is 12.3 Å². The summed E-state index contributed by atoms with van der Waals surface area (Å²) >= 11 is 11.2. The molecule has 0 aromatic carbocycles. The molecule has 0 unspecified atom stereocenters. The van der Waals surface area contributed by atoms with Gasteiger partial charge in [-0.25, -0.2) is 15.0 Å². The maximum atomic E-state index is 6.12. The Labute approximate surface area is 124 Å². The number of aromatic nitrogens is 3. The topological polar surface area (TPSA) is 38.7 Å². The minimum absolute atomic E-state index is 0.302. The standard InChI is InChI=1S/C12H13BrClN3S/c1-6(2)11-10(13)12(14)17-9(16-11)4-8-5-18-7(3)15-8/h5-6H,4H2,1-3H3. The number of hydrogen-bond donors (Lipinski definition) is 0. The van der Waals surface area contributed by atoms with Crippen molar-refractivity contribution in [3.8, 4) is 0 Å². The van der Waals surface area contributed by atoms with Crippen LogP contribution < -0.4 is 0 Å². The Morgan fingerprint density at radius 3 is 2.61 bits per heavy atom. The summed E-state index contributed by atoms with van der Waals surface area (Å²) in [5.74, 6) is 1.02. The minimum Gasteiger partial charge on any atom is -0.246 e. The van der Waals surface area contributed by atoms with Crippen LogP contribution in [0.5, 0.6) is 0 Å². The lowest BCUT2D eigenvalue weighted by molar-refractivity contribution is 0.781. The second-order valence-electron chi connectivity index (χ2n) is 4.32. The van der Waals surface area contributed by atoms with Gasteiger partial charge in [-0.1, -0.05) is 25.4 Å². The third-order valence-corrected chi connectivity index (χ3v) is 4.54. The molecule has 0 aliphatic rings. The van der Waals surface area contributed by atoms with E-state index < -0.39 is 0 Å². The Morgan fingerprint density at radius 1 is 1.33 bits per heavy atom. The first kappa shape index (κ1) is 13.9. The zero-order valence-electron chi connectivity index (χ0n) is 10.4. The molecule has 0 fully saturated rings. The predicted octanol–water partition coefficient (Wildman–Crippen LogP) is 4.37. The number of thiazole rings is 1. The number of aryl methyl sites for hydroxylation is 1. The Bertz CT molecular complexity index is 568. The lowest BCUT2D eigenvalue weighted by atomic mass is 10.1. The second kappa shape index (κ2) is 5.63. The molecule has 3 nitrogen and oxygen atoms in total. The van der Waals surface area contributed by atoms with Crippen LogP contribution in [0.25, 0.3) is 0 Å². The van der Waals surface area contributed by atoms with Crippen LogP contribution >= 0.6 is 38.9 Å². The van der Waals surface area contributed by atoms with Crippen LogP contribution in [0.4, 0.5) is 0 Å². The van der Waals surface area contributed by atoms with Gasteiger partial charge in [-0.15, -0.1) is 11.3 Å². The van der Waals surface area contributed by atoms with E-state index in [0.29, 0.717) is 17.5 Å². The molecule has 0 spiro atoms. The second-order valence-corrected chi connectivity index (χ2v) is 6.53. The Balaban J connectivity index is 2.34. The van der Waals surface area contributed by atoms with Gasteiger partial charge in [0.1, 0.15) is 11.0 Å². The Morgan fingerprint density at radius 2 is 2.06 bits per heavy atom. The minimum atomic E-state index is 0.302. The molecular formula is C12H13BrClN3S. The lowest BCUT2D eigenvalue weighted by Crippen LogP contribution is -2.04. The predicted molar refractivity (Wildman–Crippen MR) is 78.5 cm³/mol. The summed E-state index contributed by atoms with van der Waals surface area (Å²) in [5.41, 5.74) is 1.93. The van der Waals surface area contributed by atoms with Crippen molar-refractivity contribution < 1.29 is 0 Å². The van der Waals surface area contributed by atoms with Gasteiger partial charge in [0, 0.05) is 5.38 Å². The van der Waals surface area contributed by atoms with Gasteiger partial charge in [0.25, 0.3) is 0 Å². The van der Waals surface area contributed by atoms with E-state index >= 15 is 0 Å². The van der Waals surface area contributed by atoms with Crippen LogP contribution in [-0.2, 0) is 6.42 Å². The molecule has 2 heterocycles. The lowest BCUT2D eigenvalue weighted by Gasteiger charge is -2.10. The van der Waals surface area contributed by atoms with Gasteiger partial charge in [-0.05, 0) is 28.8 Å². The van der Waals surface area contributed by atoms with E-state index in [2.05, 4.69) is 44.7 Å². The first-order chi connectivity index (χ1) is 8.47. The fourth-order valence-corrected chi connectivity index (χ4v) is 3.04. The highest BCUT2D eigenvalue weighted by molar-refractivity contribution is 9.10. The van der Waals surface area contributed by atoms with Crippen molar-refractivity contribution in [2.24, 2.45) is 0 Å². The van der Waals surface area contributed by atoms with Crippen molar-refractivity contribution in [3.63, 3.8) is 0 Å². The summed E-state index contributed by atoms with van der Waals surface area (Å²) in [5, 5.41) is 3.55. The van der Waals surface area contributed by atoms with E-state index in [9.17, 15) is 0 Å². The first-order valence-electron chi connectivity index (χ1n) is 5.60. The van der Waals surface area contributed by atoms with E-state index in [1.165, 1.54) is 0 Å². The summed E-state index contributed by atoms with van der Waals surface area (Å²) < 4.78 is 0.789. The van der Waals surface area contributed by atoms with E-state index in [0.717, 1.165) is 26.7 Å². The molecule has 0 saturated heterocycles. The highest BCUT2D eigenvalue weighted by Crippen LogP contribution is 2.29. The molecule has 18 heavy (non-hydrogen) atoms. The molecule has 0 saturated carbocycles. The maximum Gasteiger partial charge on any atom is 0.147 e. The molecule has 0 aliphatic heterocycles. The fraction of sp³-hybridized carbons (Fsp3) is 0.417. The van der Waals surface area contributed by atoms with Crippen molar-refractivity contribution in [1.29, 1.82) is 0 Å². The zero-order valence-corrected chi connectivity index (χ0v) is 13.5. The van der Waals surface area contributed by atoms with Crippen molar-refractivity contribution in [1.82, 2.24) is 15.0 Å². The summed E-state index contributed by atoms with van der Waals surface area (Å²) in [6, 6.07) is 0. The van der Waals surface area contributed by atoms with Crippen LogP contribution in [-0.4, -0.2) is 15.0 Å². The van der Waals surface area contributed by atoms with E-state index in [4.69, 9.17) is 11.6 Å². The van der Waals surface area contributed by atoms with Crippen LogP contribution in [0.15, 0.2) is 9.85 Å².